The molecule has 0 aromatic rings. The minimum Gasteiger partial charge on any atom is -0.297 e. The summed E-state index contributed by atoms with van der Waals surface area (Å²) in [5.41, 5.74) is 1.24. The fraction of sp³-hybridized carbons (Fsp3) is 0.364. The van der Waals surface area contributed by atoms with Crippen molar-refractivity contribution in [3.63, 3.8) is 0 Å². The van der Waals surface area contributed by atoms with E-state index in [0.717, 1.165) is 6.42 Å². The van der Waals surface area contributed by atoms with Crippen LogP contribution in [-0.2, 0) is 0 Å². The van der Waals surface area contributed by atoms with E-state index in [4.69, 9.17) is 0 Å². The predicted octanol–water partition coefficient (Wildman–Crippen LogP) is 3.16. The molecule has 0 saturated heterocycles. The maximum absolute atomic E-state index is 3.85. The molecule has 0 spiro atoms. The molecule has 1 nitrogen and oxygen atoms in total. The van der Waals surface area contributed by atoms with E-state index in [1.54, 1.807) is 13.3 Å². The Morgan fingerprint density at radius 2 is 2.08 bits per heavy atom. The fourth-order valence-electron chi connectivity index (χ4n) is 0.692. The Balaban J connectivity index is 3.93. The lowest BCUT2D eigenvalue weighted by Gasteiger charge is -1.85. The lowest BCUT2D eigenvalue weighted by molar-refractivity contribution is 1.22. The second-order valence-electron chi connectivity index (χ2n) is 2.51. The van der Waals surface area contributed by atoms with Gasteiger partial charge in [-0.25, -0.2) is 0 Å². The van der Waals surface area contributed by atoms with Gasteiger partial charge >= 0.3 is 0 Å². The molecule has 0 aliphatic carbocycles. The number of nitrogens with zero attached hydrogens (tertiary/aromatic N) is 1. The van der Waals surface area contributed by atoms with Crippen LogP contribution in [-0.4, -0.2) is 13.3 Å². The van der Waals surface area contributed by atoms with Gasteiger partial charge in [-0.3, -0.25) is 4.99 Å². The van der Waals surface area contributed by atoms with Crippen LogP contribution in [0.5, 0.6) is 0 Å². The molecule has 0 heterocycles. The van der Waals surface area contributed by atoms with E-state index >= 15 is 0 Å². The molecule has 1 heteroatoms. The standard InChI is InChI=1S/C11H17N/c1-4-5-6-8-11(2)9-7-10-12-3/h5-10H,4H2,1-3H3/b6-5-,9-7-,11-8+,12-10-. The van der Waals surface area contributed by atoms with Gasteiger partial charge in [-0.2, -0.15) is 0 Å². The van der Waals surface area contributed by atoms with Crippen LogP contribution in [0, 0.1) is 0 Å². The van der Waals surface area contributed by atoms with Crippen LogP contribution in [0.3, 0.4) is 0 Å². The molecule has 0 aromatic heterocycles. The molecule has 0 radical (unpaired) electrons. The Morgan fingerprint density at radius 1 is 1.33 bits per heavy atom. The van der Waals surface area contributed by atoms with Gasteiger partial charge in [-0.05, 0) is 19.4 Å². The molecule has 0 fully saturated rings. The first-order valence-corrected chi connectivity index (χ1v) is 4.23. The second kappa shape index (κ2) is 7.99. The average molecular weight is 163 g/mol. The molecular formula is C11H17N. The van der Waals surface area contributed by atoms with Gasteiger partial charge in [-0.15, -0.1) is 0 Å². The first-order chi connectivity index (χ1) is 5.81. The maximum atomic E-state index is 3.85. The minimum absolute atomic E-state index is 1.09. The molecule has 0 amide bonds. The monoisotopic (exact) mass is 163 g/mol. The van der Waals surface area contributed by atoms with Crippen LogP contribution in [0.1, 0.15) is 20.3 Å². The highest BCUT2D eigenvalue weighted by atomic mass is 14.6. The molecule has 0 saturated carbocycles. The zero-order valence-corrected chi connectivity index (χ0v) is 8.12. The Bertz CT molecular complexity index is 207. The average Bonchev–Trinajstić information content (AvgIpc) is 2.06. The molecule has 0 aliphatic heterocycles. The topological polar surface area (TPSA) is 12.4 Å². The molecule has 0 aromatic carbocycles. The highest BCUT2D eigenvalue weighted by molar-refractivity contribution is 5.71. The summed E-state index contributed by atoms with van der Waals surface area (Å²) in [5, 5.41) is 0. The quantitative estimate of drug-likeness (QED) is 0.446. The first-order valence-electron chi connectivity index (χ1n) is 4.23. The van der Waals surface area contributed by atoms with E-state index in [2.05, 4.69) is 37.1 Å². The van der Waals surface area contributed by atoms with E-state index in [9.17, 15) is 0 Å². The Kier molecular flexibility index (Phi) is 7.25. The van der Waals surface area contributed by atoms with Crippen LogP contribution >= 0.6 is 0 Å². The van der Waals surface area contributed by atoms with E-state index in [0.29, 0.717) is 0 Å². The summed E-state index contributed by atoms with van der Waals surface area (Å²) in [5.74, 6) is 0. The smallest absolute Gasteiger partial charge is 0.0277 e. The number of allylic oxidation sites excluding steroid dienone is 6. The molecule has 0 aliphatic rings. The fourth-order valence-corrected chi connectivity index (χ4v) is 0.692. The minimum atomic E-state index is 1.09. The van der Waals surface area contributed by atoms with E-state index < -0.39 is 0 Å². The van der Waals surface area contributed by atoms with E-state index in [1.807, 2.05) is 12.2 Å². The first kappa shape index (κ1) is 10.9. The van der Waals surface area contributed by atoms with Crippen molar-refractivity contribution in [1.82, 2.24) is 0 Å². The highest BCUT2D eigenvalue weighted by Gasteiger charge is 1.75. The second-order valence-corrected chi connectivity index (χ2v) is 2.51. The van der Waals surface area contributed by atoms with Gasteiger partial charge in [0, 0.05) is 13.3 Å². The molecule has 12 heavy (non-hydrogen) atoms. The third-order valence-electron chi connectivity index (χ3n) is 1.33. The van der Waals surface area contributed by atoms with Crippen LogP contribution in [0.25, 0.3) is 0 Å². The van der Waals surface area contributed by atoms with Crippen molar-refractivity contribution in [2.45, 2.75) is 20.3 Å². The SMILES string of the molecule is CC\C=C/C=C(C)/C=C\C=N/C. The number of rotatable bonds is 4. The third kappa shape index (κ3) is 7.00. The van der Waals surface area contributed by atoms with Crippen molar-refractivity contribution in [2.75, 3.05) is 7.05 Å². The number of hydrogen-bond donors (Lipinski definition) is 0. The lowest BCUT2D eigenvalue weighted by atomic mass is 10.2. The van der Waals surface area contributed by atoms with Gasteiger partial charge in [0.05, 0.1) is 0 Å². The van der Waals surface area contributed by atoms with Crippen LogP contribution in [0.4, 0.5) is 0 Å². The van der Waals surface area contributed by atoms with Crippen LogP contribution in [0.2, 0.25) is 0 Å². The van der Waals surface area contributed by atoms with E-state index in [1.165, 1.54) is 5.57 Å². The van der Waals surface area contributed by atoms with Crippen molar-refractivity contribution in [3.05, 3.63) is 36.0 Å². The summed E-state index contributed by atoms with van der Waals surface area (Å²) >= 11 is 0. The zero-order valence-electron chi connectivity index (χ0n) is 8.12. The predicted molar refractivity (Wildman–Crippen MR) is 56.7 cm³/mol. The van der Waals surface area contributed by atoms with Gasteiger partial charge in [0.15, 0.2) is 0 Å². The number of hydrogen-bond acceptors (Lipinski definition) is 1. The van der Waals surface area contributed by atoms with Crippen LogP contribution < -0.4 is 0 Å². The number of aliphatic imine (C=N–C) groups is 1. The summed E-state index contributed by atoms with van der Waals surface area (Å²) < 4.78 is 0. The molecular weight excluding hydrogens is 146 g/mol. The van der Waals surface area contributed by atoms with Crippen molar-refractivity contribution in [2.24, 2.45) is 4.99 Å². The third-order valence-corrected chi connectivity index (χ3v) is 1.33. The Labute approximate surface area is 75.2 Å². The van der Waals surface area contributed by atoms with E-state index in [-0.39, 0.29) is 0 Å². The van der Waals surface area contributed by atoms with Gasteiger partial charge in [0.25, 0.3) is 0 Å². The largest absolute Gasteiger partial charge is 0.297 e. The maximum Gasteiger partial charge on any atom is 0.0277 e. The summed E-state index contributed by atoms with van der Waals surface area (Å²) in [7, 11) is 1.76. The molecule has 0 unspecified atom stereocenters. The zero-order chi connectivity index (χ0) is 9.23. The molecule has 0 rings (SSSR count). The summed E-state index contributed by atoms with van der Waals surface area (Å²) in [6.07, 6.45) is 13.1. The molecule has 0 N–H and O–H groups in total. The Hall–Kier alpha value is -1.11. The molecule has 0 atom stereocenters. The summed E-state index contributed by atoms with van der Waals surface area (Å²) in [6.45, 7) is 4.19. The van der Waals surface area contributed by atoms with Crippen molar-refractivity contribution >= 4 is 6.21 Å². The highest BCUT2D eigenvalue weighted by Crippen LogP contribution is 1.94. The molecule has 66 valence electrons. The summed E-state index contributed by atoms with van der Waals surface area (Å²) in [4.78, 5) is 3.85. The van der Waals surface area contributed by atoms with Crippen molar-refractivity contribution in [3.8, 4) is 0 Å². The van der Waals surface area contributed by atoms with Crippen LogP contribution in [0.15, 0.2) is 40.9 Å². The molecule has 0 bridgehead atoms. The lowest BCUT2D eigenvalue weighted by Crippen LogP contribution is -1.68. The van der Waals surface area contributed by atoms with Crippen molar-refractivity contribution < 1.29 is 0 Å². The van der Waals surface area contributed by atoms with Gasteiger partial charge < -0.3 is 0 Å². The normalized spacial score (nSPS) is 14.1. The van der Waals surface area contributed by atoms with Gasteiger partial charge in [0.1, 0.15) is 0 Å². The summed E-state index contributed by atoms with van der Waals surface area (Å²) in [6, 6.07) is 0. The van der Waals surface area contributed by atoms with Gasteiger partial charge in [-0.1, -0.05) is 36.8 Å². The van der Waals surface area contributed by atoms with Gasteiger partial charge in [0.2, 0.25) is 0 Å². The van der Waals surface area contributed by atoms with Crippen molar-refractivity contribution in [1.29, 1.82) is 0 Å². The Morgan fingerprint density at radius 3 is 2.67 bits per heavy atom.